The molecule has 0 bridgehead atoms. The molecule has 0 atom stereocenters. The molecule has 1 N–H and O–H groups in total. The van der Waals surface area contributed by atoms with Crippen molar-refractivity contribution in [2.75, 3.05) is 26.8 Å². The molecule has 0 spiro atoms. The summed E-state index contributed by atoms with van der Waals surface area (Å²) in [6.07, 6.45) is 1.28. The van der Waals surface area contributed by atoms with Gasteiger partial charge in [0.05, 0.1) is 19.3 Å². The largest absolute Gasteiger partial charge is 0.496 e. The van der Waals surface area contributed by atoms with Crippen LogP contribution >= 0.6 is 0 Å². The number of aliphatic hydroxyl groups is 1. The van der Waals surface area contributed by atoms with Crippen molar-refractivity contribution in [2.45, 2.75) is 38.5 Å². The second kappa shape index (κ2) is 8.83. The van der Waals surface area contributed by atoms with Crippen LogP contribution in [0.3, 0.4) is 0 Å². The van der Waals surface area contributed by atoms with E-state index in [4.69, 9.17) is 9.47 Å². The van der Waals surface area contributed by atoms with Gasteiger partial charge >= 0.3 is 0 Å². The molecular weight excluding hydrogens is 345 g/mol. The number of halogens is 1. The second-order valence-corrected chi connectivity index (χ2v) is 7.10. The fourth-order valence-electron chi connectivity index (χ4n) is 3.64. The van der Waals surface area contributed by atoms with Crippen LogP contribution in [0, 0.1) is 5.82 Å². The van der Waals surface area contributed by atoms with E-state index in [1.807, 2.05) is 13.0 Å². The van der Waals surface area contributed by atoms with Crippen molar-refractivity contribution in [1.29, 1.82) is 0 Å². The molecule has 4 nitrogen and oxygen atoms in total. The average Bonchev–Trinajstić information content (AvgIpc) is 2.69. The third-order valence-corrected chi connectivity index (χ3v) is 5.28. The number of piperidine rings is 1. The van der Waals surface area contributed by atoms with E-state index in [1.165, 1.54) is 17.7 Å². The first-order valence-electron chi connectivity index (χ1n) is 9.48. The van der Waals surface area contributed by atoms with Gasteiger partial charge in [-0.1, -0.05) is 18.2 Å². The molecule has 2 aromatic rings. The van der Waals surface area contributed by atoms with Crippen LogP contribution in [0.15, 0.2) is 42.5 Å². The minimum absolute atomic E-state index is 0.276. The van der Waals surface area contributed by atoms with E-state index < -0.39 is 5.60 Å². The molecule has 146 valence electrons. The number of methoxy groups -OCH3 is 1. The van der Waals surface area contributed by atoms with Gasteiger partial charge in [-0.2, -0.15) is 0 Å². The molecule has 27 heavy (non-hydrogen) atoms. The highest BCUT2D eigenvalue weighted by molar-refractivity contribution is 5.37. The van der Waals surface area contributed by atoms with Crippen molar-refractivity contribution in [3.05, 3.63) is 65.0 Å². The normalized spacial score (nSPS) is 17.0. The number of likely N-dealkylation sites (tertiary alicyclic amines) is 1. The first-order chi connectivity index (χ1) is 13.0. The Morgan fingerprint density at radius 1 is 1.11 bits per heavy atom. The van der Waals surface area contributed by atoms with Gasteiger partial charge in [0.15, 0.2) is 0 Å². The van der Waals surface area contributed by atoms with Gasteiger partial charge < -0.3 is 14.6 Å². The minimum atomic E-state index is -0.871. The molecule has 3 rings (SSSR count). The summed E-state index contributed by atoms with van der Waals surface area (Å²) in [5.41, 5.74) is 2.19. The predicted octanol–water partition coefficient (Wildman–Crippen LogP) is 3.85. The smallest absolute Gasteiger partial charge is 0.124 e. The van der Waals surface area contributed by atoms with Crippen molar-refractivity contribution in [3.8, 4) is 5.75 Å². The number of rotatable bonds is 7. The molecule has 0 amide bonds. The highest BCUT2D eigenvalue weighted by atomic mass is 19.1. The molecule has 1 heterocycles. The van der Waals surface area contributed by atoms with Gasteiger partial charge in [-0.15, -0.1) is 0 Å². The summed E-state index contributed by atoms with van der Waals surface area (Å²) in [6.45, 7) is 5.59. The highest BCUT2D eigenvalue weighted by Crippen LogP contribution is 2.33. The standard InChI is InChI=1S/C22H28FNO3/c1-3-27-16-18-14-17(4-9-21(18)26-2)15-24-12-10-22(25,11-13-24)19-5-7-20(23)8-6-19/h4-9,14,25H,3,10-13,15-16H2,1-2H3. The lowest BCUT2D eigenvalue weighted by molar-refractivity contribution is -0.0277. The molecule has 5 heteroatoms. The lowest BCUT2D eigenvalue weighted by Gasteiger charge is -2.38. The molecule has 1 aliphatic rings. The molecule has 0 aromatic heterocycles. The molecule has 2 aromatic carbocycles. The Labute approximate surface area is 160 Å². The third kappa shape index (κ3) is 4.86. The molecule has 1 aliphatic heterocycles. The summed E-state index contributed by atoms with van der Waals surface area (Å²) in [5, 5.41) is 10.9. The summed E-state index contributed by atoms with van der Waals surface area (Å²) in [5.74, 6) is 0.568. The molecule has 0 aliphatic carbocycles. The molecular formula is C22H28FNO3. The van der Waals surface area contributed by atoms with Crippen LogP contribution in [0.5, 0.6) is 5.75 Å². The maximum absolute atomic E-state index is 13.1. The predicted molar refractivity (Wildman–Crippen MR) is 103 cm³/mol. The van der Waals surface area contributed by atoms with Gasteiger partial charge in [0, 0.05) is 31.8 Å². The molecule has 1 fully saturated rings. The zero-order valence-electron chi connectivity index (χ0n) is 16.1. The van der Waals surface area contributed by atoms with Crippen LogP contribution < -0.4 is 4.74 Å². The molecule has 0 saturated carbocycles. The van der Waals surface area contributed by atoms with Crippen molar-refractivity contribution in [3.63, 3.8) is 0 Å². The van der Waals surface area contributed by atoms with Crippen LogP contribution in [0.1, 0.15) is 36.5 Å². The zero-order chi connectivity index (χ0) is 19.3. The molecule has 0 radical (unpaired) electrons. The maximum atomic E-state index is 13.1. The molecule has 1 saturated heterocycles. The third-order valence-electron chi connectivity index (χ3n) is 5.28. The molecule has 0 unspecified atom stereocenters. The van der Waals surface area contributed by atoms with Crippen molar-refractivity contribution >= 4 is 0 Å². The number of ether oxygens (including phenoxy) is 2. The summed E-state index contributed by atoms with van der Waals surface area (Å²) in [4.78, 5) is 2.34. The van der Waals surface area contributed by atoms with E-state index in [0.717, 1.165) is 36.5 Å². The summed E-state index contributed by atoms with van der Waals surface area (Å²) < 4.78 is 24.1. The Kier molecular flexibility index (Phi) is 6.47. The SMILES string of the molecule is CCOCc1cc(CN2CCC(O)(c3ccc(F)cc3)CC2)ccc1OC. The van der Waals surface area contributed by atoms with E-state index in [-0.39, 0.29) is 5.82 Å². The lowest BCUT2D eigenvalue weighted by Crippen LogP contribution is -2.42. The first-order valence-corrected chi connectivity index (χ1v) is 9.48. The van der Waals surface area contributed by atoms with Gasteiger partial charge in [0.25, 0.3) is 0 Å². The first kappa shape index (κ1) is 19.8. The van der Waals surface area contributed by atoms with Crippen LogP contribution in [-0.2, 0) is 23.5 Å². The quantitative estimate of drug-likeness (QED) is 0.800. The lowest BCUT2D eigenvalue weighted by atomic mass is 9.84. The van der Waals surface area contributed by atoms with Crippen LogP contribution in [0.2, 0.25) is 0 Å². The number of nitrogens with zero attached hydrogens (tertiary/aromatic N) is 1. The number of hydrogen-bond acceptors (Lipinski definition) is 4. The number of benzene rings is 2. The minimum Gasteiger partial charge on any atom is -0.496 e. The zero-order valence-corrected chi connectivity index (χ0v) is 16.1. The van der Waals surface area contributed by atoms with Crippen molar-refractivity contribution in [1.82, 2.24) is 4.90 Å². The van der Waals surface area contributed by atoms with E-state index in [2.05, 4.69) is 17.0 Å². The highest BCUT2D eigenvalue weighted by Gasteiger charge is 2.33. The van der Waals surface area contributed by atoms with Gasteiger partial charge in [0.1, 0.15) is 11.6 Å². The van der Waals surface area contributed by atoms with E-state index in [0.29, 0.717) is 26.1 Å². The topological polar surface area (TPSA) is 41.9 Å². The van der Waals surface area contributed by atoms with Crippen molar-refractivity contribution in [2.24, 2.45) is 0 Å². The fourth-order valence-corrected chi connectivity index (χ4v) is 3.64. The van der Waals surface area contributed by atoms with Crippen LogP contribution in [0.4, 0.5) is 4.39 Å². The average molecular weight is 373 g/mol. The summed E-state index contributed by atoms with van der Waals surface area (Å²) in [7, 11) is 1.67. The Morgan fingerprint density at radius 3 is 2.44 bits per heavy atom. The monoisotopic (exact) mass is 373 g/mol. The maximum Gasteiger partial charge on any atom is 0.124 e. The summed E-state index contributed by atoms with van der Waals surface area (Å²) in [6, 6.07) is 12.4. The Bertz CT molecular complexity index is 740. The van der Waals surface area contributed by atoms with E-state index in [1.54, 1.807) is 19.2 Å². The van der Waals surface area contributed by atoms with Gasteiger partial charge in [0.2, 0.25) is 0 Å². The van der Waals surface area contributed by atoms with Gasteiger partial charge in [-0.3, -0.25) is 4.90 Å². The Balaban J connectivity index is 1.62. The second-order valence-electron chi connectivity index (χ2n) is 7.10. The van der Waals surface area contributed by atoms with E-state index in [9.17, 15) is 9.50 Å². The van der Waals surface area contributed by atoms with E-state index >= 15 is 0 Å². The fraction of sp³-hybridized carbons (Fsp3) is 0.455. The Hall–Kier alpha value is -1.95. The summed E-state index contributed by atoms with van der Waals surface area (Å²) >= 11 is 0. The number of hydrogen-bond donors (Lipinski definition) is 1. The van der Waals surface area contributed by atoms with Gasteiger partial charge in [-0.05, 0) is 55.2 Å². The van der Waals surface area contributed by atoms with Gasteiger partial charge in [-0.25, -0.2) is 4.39 Å². The van der Waals surface area contributed by atoms with Crippen molar-refractivity contribution < 1.29 is 19.0 Å². The van der Waals surface area contributed by atoms with Crippen LogP contribution in [0.25, 0.3) is 0 Å². The van der Waals surface area contributed by atoms with Crippen LogP contribution in [-0.4, -0.2) is 36.8 Å². The Morgan fingerprint density at radius 2 is 1.81 bits per heavy atom.